The molecule has 1 aliphatic rings. The average molecular weight is 232 g/mol. The van der Waals surface area contributed by atoms with E-state index in [1.807, 2.05) is 30.3 Å². The van der Waals surface area contributed by atoms with Crippen LogP contribution in [0.1, 0.15) is 18.9 Å². The Morgan fingerprint density at radius 2 is 2.12 bits per heavy atom. The molecule has 0 saturated carbocycles. The Bertz CT molecular complexity index is 417. The van der Waals surface area contributed by atoms with Crippen molar-refractivity contribution in [2.45, 2.75) is 31.8 Å². The maximum Gasteiger partial charge on any atom is 0.242 e. The molecule has 0 bridgehead atoms. The number of benzene rings is 1. The second-order valence-corrected chi connectivity index (χ2v) is 4.38. The van der Waals surface area contributed by atoms with Crippen LogP contribution in [0.5, 0.6) is 0 Å². The van der Waals surface area contributed by atoms with Gasteiger partial charge >= 0.3 is 0 Å². The van der Waals surface area contributed by atoms with Crippen LogP contribution in [-0.2, 0) is 16.0 Å². The van der Waals surface area contributed by atoms with Gasteiger partial charge in [0.25, 0.3) is 0 Å². The van der Waals surface area contributed by atoms with Crippen molar-refractivity contribution in [3.63, 3.8) is 0 Å². The van der Waals surface area contributed by atoms with Crippen molar-refractivity contribution in [3.05, 3.63) is 35.9 Å². The normalized spacial score (nSPS) is 23.2. The van der Waals surface area contributed by atoms with Gasteiger partial charge in [-0.1, -0.05) is 30.3 Å². The Kier molecular flexibility index (Phi) is 3.42. The second kappa shape index (κ2) is 4.99. The minimum Gasteiger partial charge on any atom is -0.351 e. The molecule has 4 nitrogen and oxygen atoms in total. The lowest BCUT2D eigenvalue weighted by atomic mass is 10.0. The number of carbonyl (C=O) groups is 2. The average Bonchev–Trinajstić information content (AvgIpc) is 2.59. The highest BCUT2D eigenvalue weighted by Gasteiger charge is 2.32. The summed E-state index contributed by atoms with van der Waals surface area (Å²) < 4.78 is 0. The maximum absolute atomic E-state index is 11.6. The molecule has 0 aromatic heterocycles. The van der Waals surface area contributed by atoms with Gasteiger partial charge in [-0.15, -0.1) is 0 Å². The topological polar surface area (TPSA) is 58.2 Å². The summed E-state index contributed by atoms with van der Waals surface area (Å²) in [5.74, 6) is -0.244. The van der Waals surface area contributed by atoms with E-state index in [1.54, 1.807) is 0 Å². The predicted molar refractivity (Wildman–Crippen MR) is 64.3 cm³/mol. The predicted octanol–water partition coefficient (Wildman–Crippen LogP) is 0.622. The molecule has 1 saturated heterocycles. The molecule has 17 heavy (non-hydrogen) atoms. The zero-order chi connectivity index (χ0) is 12.3. The van der Waals surface area contributed by atoms with Crippen molar-refractivity contribution < 1.29 is 9.59 Å². The lowest BCUT2D eigenvalue weighted by Gasteiger charge is -2.09. The van der Waals surface area contributed by atoms with E-state index in [-0.39, 0.29) is 23.9 Å². The molecule has 1 aliphatic heterocycles. The highest BCUT2D eigenvalue weighted by atomic mass is 16.2. The number of nitrogens with one attached hydrogen (secondary N) is 2. The van der Waals surface area contributed by atoms with Crippen molar-refractivity contribution in [2.24, 2.45) is 0 Å². The number of rotatable bonds is 3. The Labute approximate surface area is 100 Å². The van der Waals surface area contributed by atoms with E-state index in [2.05, 4.69) is 10.6 Å². The van der Waals surface area contributed by atoms with Gasteiger partial charge in [-0.25, -0.2) is 0 Å². The van der Waals surface area contributed by atoms with Crippen LogP contribution in [0.15, 0.2) is 30.3 Å². The Morgan fingerprint density at radius 3 is 2.76 bits per heavy atom. The molecule has 90 valence electrons. The van der Waals surface area contributed by atoms with Crippen molar-refractivity contribution in [2.75, 3.05) is 0 Å². The molecule has 1 aromatic rings. The fourth-order valence-electron chi connectivity index (χ4n) is 2.16. The summed E-state index contributed by atoms with van der Waals surface area (Å²) in [4.78, 5) is 22.5. The largest absolute Gasteiger partial charge is 0.351 e. The van der Waals surface area contributed by atoms with Gasteiger partial charge in [0.05, 0.1) is 0 Å². The van der Waals surface area contributed by atoms with Crippen LogP contribution >= 0.6 is 0 Å². The van der Waals surface area contributed by atoms with E-state index in [9.17, 15) is 9.59 Å². The molecule has 1 heterocycles. The van der Waals surface area contributed by atoms with Crippen LogP contribution in [0.3, 0.4) is 0 Å². The molecule has 0 spiro atoms. The number of hydrogen-bond acceptors (Lipinski definition) is 2. The molecule has 2 amide bonds. The zero-order valence-corrected chi connectivity index (χ0v) is 9.77. The molecule has 2 rings (SSSR count). The van der Waals surface area contributed by atoms with Crippen LogP contribution in [0, 0.1) is 0 Å². The molecule has 1 aromatic carbocycles. The minimum absolute atomic E-state index is 0.0823. The quantitative estimate of drug-likeness (QED) is 0.802. The van der Waals surface area contributed by atoms with Crippen molar-refractivity contribution in [3.8, 4) is 0 Å². The smallest absolute Gasteiger partial charge is 0.242 e. The first-order chi connectivity index (χ1) is 8.15. The van der Waals surface area contributed by atoms with Gasteiger partial charge in [-0.3, -0.25) is 9.59 Å². The van der Waals surface area contributed by atoms with Gasteiger partial charge in [0.2, 0.25) is 11.8 Å². The summed E-state index contributed by atoms with van der Waals surface area (Å²) in [7, 11) is 0. The summed E-state index contributed by atoms with van der Waals surface area (Å²) in [5, 5.41) is 5.56. The first-order valence-electron chi connectivity index (χ1n) is 5.76. The van der Waals surface area contributed by atoms with Crippen molar-refractivity contribution in [1.82, 2.24) is 10.6 Å². The van der Waals surface area contributed by atoms with Gasteiger partial charge in [-0.05, 0) is 18.4 Å². The highest BCUT2D eigenvalue weighted by molar-refractivity contribution is 5.88. The van der Waals surface area contributed by atoms with Gasteiger partial charge in [-0.2, -0.15) is 0 Å². The lowest BCUT2D eigenvalue weighted by Crippen LogP contribution is -2.38. The summed E-state index contributed by atoms with van der Waals surface area (Å²) in [5.41, 5.74) is 1.20. The van der Waals surface area contributed by atoms with Crippen LogP contribution in [0.25, 0.3) is 0 Å². The number of hydrogen-bond donors (Lipinski definition) is 2. The van der Waals surface area contributed by atoms with E-state index in [1.165, 1.54) is 12.5 Å². The van der Waals surface area contributed by atoms with E-state index in [0.29, 0.717) is 6.42 Å². The molecule has 1 fully saturated rings. The third-order valence-corrected chi connectivity index (χ3v) is 2.89. The maximum atomic E-state index is 11.6. The Hall–Kier alpha value is -1.84. The number of amides is 2. The second-order valence-electron chi connectivity index (χ2n) is 4.38. The fraction of sp³-hybridized carbons (Fsp3) is 0.385. The van der Waals surface area contributed by atoms with Crippen molar-refractivity contribution >= 4 is 11.8 Å². The van der Waals surface area contributed by atoms with E-state index in [4.69, 9.17) is 0 Å². The highest BCUT2D eigenvalue weighted by Crippen LogP contribution is 2.13. The van der Waals surface area contributed by atoms with E-state index >= 15 is 0 Å². The zero-order valence-electron chi connectivity index (χ0n) is 9.77. The molecular formula is C13H16N2O2. The molecule has 2 N–H and O–H groups in total. The van der Waals surface area contributed by atoms with Crippen LogP contribution < -0.4 is 10.6 Å². The Balaban J connectivity index is 1.93. The van der Waals surface area contributed by atoms with Gasteiger partial charge < -0.3 is 10.6 Å². The lowest BCUT2D eigenvalue weighted by molar-refractivity contribution is -0.126. The Morgan fingerprint density at radius 1 is 1.41 bits per heavy atom. The van der Waals surface area contributed by atoms with Crippen LogP contribution in [0.4, 0.5) is 0 Å². The number of carbonyl (C=O) groups excluding carboxylic acids is 2. The third kappa shape index (κ3) is 3.06. The van der Waals surface area contributed by atoms with E-state index < -0.39 is 0 Å². The van der Waals surface area contributed by atoms with E-state index in [0.717, 1.165) is 6.42 Å². The first kappa shape index (κ1) is 11.6. The van der Waals surface area contributed by atoms with Gasteiger partial charge in [0, 0.05) is 13.0 Å². The summed E-state index contributed by atoms with van der Waals surface area (Å²) in [6, 6.07) is 9.75. The van der Waals surface area contributed by atoms with Crippen LogP contribution in [0.2, 0.25) is 0 Å². The standard InChI is InChI=1S/C13H16N2O2/c1-9(16)14-12-8-11(15-13(12)17)7-10-5-3-2-4-6-10/h2-6,11-12H,7-8H2,1H3,(H,14,16)(H,15,17). The molecule has 4 heteroatoms. The molecule has 2 atom stereocenters. The third-order valence-electron chi connectivity index (χ3n) is 2.89. The minimum atomic E-state index is -0.374. The van der Waals surface area contributed by atoms with Crippen molar-refractivity contribution in [1.29, 1.82) is 0 Å². The molecule has 2 unspecified atom stereocenters. The SMILES string of the molecule is CC(=O)NC1CC(Cc2ccccc2)NC1=O. The monoisotopic (exact) mass is 232 g/mol. The summed E-state index contributed by atoms with van der Waals surface area (Å²) in [6.07, 6.45) is 1.47. The molecule has 0 radical (unpaired) electrons. The summed E-state index contributed by atoms with van der Waals surface area (Å²) in [6.45, 7) is 1.43. The van der Waals surface area contributed by atoms with Gasteiger partial charge in [0.1, 0.15) is 6.04 Å². The fourth-order valence-corrected chi connectivity index (χ4v) is 2.16. The first-order valence-corrected chi connectivity index (χ1v) is 5.76. The molecule has 0 aliphatic carbocycles. The van der Waals surface area contributed by atoms with Gasteiger partial charge in [0.15, 0.2) is 0 Å². The van der Waals surface area contributed by atoms with Crippen LogP contribution in [-0.4, -0.2) is 23.9 Å². The molecular weight excluding hydrogens is 216 g/mol. The summed E-state index contributed by atoms with van der Waals surface area (Å²) >= 11 is 0.